The third-order valence-corrected chi connectivity index (χ3v) is 8.69. The summed E-state index contributed by atoms with van der Waals surface area (Å²) in [6.07, 6.45) is 3.31. The van der Waals surface area contributed by atoms with Crippen LogP contribution in [0.5, 0.6) is 0 Å². The zero-order valence-electron chi connectivity index (χ0n) is 16.5. The molecule has 1 aromatic heterocycles. The molecule has 1 N–H and O–H groups in total. The molecule has 8 heteroatoms. The number of hydrogen-bond acceptors (Lipinski definition) is 5. The van der Waals surface area contributed by atoms with Crippen LogP contribution >= 0.6 is 11.3 Å². The van der Waals surface area contributed by atoms with Crippen molar-refractivity contribution in [2.45, 2.75) is 37.6 Å². The summed E-state index contributed by atoms with van der Waals surface area (Å²) in [5.74, 6) is 0.613. The van der Waals surface area contributed by atoms with E-state index in [-0.39, 0.29) is 10.8 Å². The summed E-state index contributed by atoms with van der Waals surface area (Å²) in [4.78, 5) is 14.9. The molecule has 0 spiro atoms. The number of hydrogen-bond donors (Lipinski definition) is 1. The minimum absolute atomic E-state index is 0.0675. The maximum absolute atomic E-state index is 12.7. The molecule has 6 nitrogen and oxygen atoms in total. The summed E-state index contributed by atoms with van der Waals surface area (Å²) in [5, 5.41) is 2.95. The van der Waals surface area contributed by atoms with Gasteiger partial charge in [-0.1, -0.05) is 19.1 Å². The minimum atomic E-state index is -3.49. The molecule has 1 aliphatic carbocycles. The Kier molecular flexibility index (Phi) is 6.06. The van der Waals surface area contributed by atoms with Crippen LogP contribution in [0, 0.1) is 5.92 Å². The molecule has 1 fully saturated rings. The first kappa shape index (κ1) is 20.5. The first-order chi connectivity index (χ1) is 13.9. The molecule has 1 aliphatic heterocycles. The Morgan fingerprint density at radius 3 is 2.69 bits per heavy atom. The van der Waals surface area contributed by atoms with Gasteiger partial charge in [0.25, 0.3) is 5.91 Å². The SMILES string of the molecule is CC1CCc2sc(C(=O)NCc3ccc(S(=O)(=O)N4CCOCC4)cc3)cc2C1. The molecule has 1 amide bonds. The second kappa shape index (κ2) is 8.55. The average Bonchev–Trinajstić information content (AvgIpc) is 3.16. The number of carbonyl (C=O) groups is 1. The van der Waals surface area contributed by atoms with Crippen molar-refractivity contribution in [2.24, 2.45) is 5.92 Å². The molecule has 1 saturated heterocycles. The Bertz CT molecular complexity index is 977. The van der Waals surface area contributed by atoms with Crippen LogP contribution in [-0.4, -0.2) is 44.9 Å². The third-order valence-electron chi connectivity index (χ3n) is 5.54. The van der Waals surface area contributed by atoms with Gasteiger partial charge in [0, 0.05) is 24.5 Å². The van der Waals surface area contributed by atoms with E-state index in [0.717, 1.165) is 23.3 Å². The Balaban J connectivity index is 1.37. The van der Waals surface area contributed by atoms with E-state index in [1.165, 1.54) is 21.2 Å². The fourth-order valence-electron chi connectivity index (χ4n) is 3.80. The Morgan fingerprint density at radius 2 is 1.97 bits per heavy atom. The van der Waals surface area contributed by atoms with Gasteiger partial charge in [0.05, 0.1) is 23.0 Å². The maximum Gasteiger partial charge on any atom is 0.261 e. The number of amides is 1. The van der Waals surface area contributed by atoms with E-state index in [9.17, 15) is 13.2 Å². The molecule has 1 unspecified atom stereocenters. The third kappa shape index (κ3) is 4.55. The number of nitrogens with zero attached hydrogens (tertiary/aromatic N) is 1. The Morgan fingerprint density at radius 1 is 1.24 bits per heavy atom. The van der Waals surface area contributed by atoms with E-state index in [4.69, 9.17) is 4.74 Å². The predicted molar refractivity (Wildman–Crippen MR) is 113 cm³/mol. The highest BCUT2D eigenvalue weighted by atomic mass is 32.2. The van der Waals surface area contributed by atoms with E-state index in [0.29, 0.717) is 38.8 Å². The summed E-state index contributed by atoms with van der Waals surface area (Å²) in [7, 11) is -3.49. The number of morpholine rings is 1. The molecule has 1 atom stereocenters. The molecule has 2 heterocycles. The van der Waals surface area contributed by atoms with Crippen molar-refractivity contribution < 1.29 is 17.9 Å². The quantitative estimate of drug-likeness (QED) is 0.785. The van der Waals surface area contributed by atoms with E-state index in [2.05, 4.69) is 12.2 Å². The van der Waals surface area contributed by atoms with Gasteiger partial charge in [0.1, 0.15) is 0 Å². The molecule has 0 radical (unpaired) electrons. The summed E-state index contributed by atoms with van der Waals surface area (Å²) in [6.45, 7) is 4.23. The molecular weight excluding hydrogens is 408 g/mol. The molecule has 29 heavy (non-hydrogen) atoms. The van der Waals surface area contributed by atoms with Crippen LogP contribution in [0.25, 0.3) is 0 Å². The van der Waals surface area contributed by atoms with Crippen molar-refractivity contribution in [3.05, 3.63) is 51.2 Å². The number of fused-ring (bicyclic) bond motifs is 1. The standard InChI is InChI=1S/C21H26N2O4S2/c1-15-2-7-19-17(12-15)13-20(28-19)21(24)22-14-16-3-5-18(6-4-16)29(25,26)23-8-10-27-11-9-23/h3-6,13,15H,2,7-12,14H2,1H3,(H,22,24). The average molecular weight is 435 g/mol. The lowest BCUT2D eigenvalue weighted by Gasteiger charge is -2.26. The monoisotopic (exact) mass is 434 g/mol. The summed E-state index contributed by atoms with van der Waals surface area (Å²) >= 11 is 1.60. The van der Waals surface area contributed by atoms with Gasteiger partial charge >= 0.3 is 0 Å². The van der Waals surface area contributed by atoms with Gasteiger partial charge in [0.15, 0.2) is 0 Å². The van der Waals surface area contributed by atoms with Gasteiger partial charge in [-0.3, -0.25) is 4.79 Å². The first-order valence-corrected chi connectivity index (χ1v) is 12.3. The maximum atomic E-state index is 12.7. The van der Waals surface area contributed by atoms with E-state index in [1.54, 1.807) is 35.6 Å². The van der Waals surface area contributed by atoms with Crippen molar-refractivity contribution in [1.82, 2.24) is 9.62 Å². The van der Waals surface area contributed by atoms with Crippen LogP contribution in [0.4, 0.5) is 0 Å². The molecular formula is C21H26N2O4S2. The minimum Gasteiger partial charge on any atom is -0.379 e. The fraction of sp³-hybridized carbons (Fsp3) is 0.476. The number of aryl methyl sites for hydroxylation is 1. The second-order valence-corrected chi connectivity index (χ2v) is 10.8. The van der Waals surface area contributed by atoms with Crippen LogP contribution in [0.3, 0.4) is 0 Å². The zero-order chi connectivity index (χ0) is 20.4. The smallest absolute Gasteiger partial charge is 0.261 e. The van der Waals surface area contributed by atoms with Crippen LogP contribution in [0.2, 0.25) is 0 Å². The highest BCUT2D eigenvalue weighted by molar-refractivity contribution is 7.89. The number of benzene rings is 1. The van der Waals surface area contributed by atoms with E-state index >= 15 is 0 Å². The number of thiophene rings is 1. The van der Waals surface area contributed by atoms with E-state index < -0.39 is 10.0 Å². The van der Waals surface area contributed by atoms with Gasteiger partial charge in [-0.2, -0.15) is 4.31 Å². The summed E-state index contributed by atoms with van der Waals surface area (Å²) < 4.78 is 32.0. The number of sulfonamides is 1. The van der Waals surface area contributed by atoms with Gasteiger partial charge in [-0.15, -0.1) is 11.3 Å². The second-order valence-electron chi connectivity index (χ2n) is 7.75. The van der Waals surface area contributed by atoms with Crippen LogP contribution in [0.1, 0.15) is 39.0 Å². The molecule has 1 aromatic carbocycles. The lowest BCUT2D eigenvalue weighted by Crippen LogP contribution is -2.40. The largest absolute Gasteiger partial charge is 0.379 e. The van der Waals surface area contributed by atoms with Gasteiger partial charge in [-0.25, -0.2) is 8.42 Å². The fourth-order valence-corrected chi connectivity index (χ4v) is 6.34. The normalized spacial score (nSPS) is 20.2. The topological polar surface area (TPSA) is 75.7 Å². The summed E-state index contributed by atoms with van der Waals surface area (Å²) in [6, 6.07) is 8.77. The number of rotatable bonds is 5. The van der Waals surface area contributed by atoms with Crippen LogP contribution in [0.15, 0.2) is 35.2 Å². The highest BCUT2D eigenvalue weighted by Crippen LogP contribution is 2.32. The van der Waals surface area contributed by atoms with E-state index in [1.807, 2.05) is 6.07 Å². The molecule has 0 bridgehead atoms. The van der Waals surface area contributed by atoms with Crippen molar-refractivity contribution in [1.29, 1.82) is 0 Å². The first-order valence-electron chi connectivity index (χ1n) is 10.00. The number of ether oxygens (including phenoxy) is 1. The molecule has 4 rings (SSSR count). The highest BCUT2D eigenvalue weighted by Gasteiger charge is 2.26. The lowest BCUT2D eigenvalue weighted by molar-refractivity contribution is 0.0730. The van der Waals surface area contributed by atoms with Crippen molar-refractivity contribution in [3.8, 4) is 0 Å². The molecule has 2 aliphatic rings. The Labute approximate surface area is 175 Å². The molecule has 2 aromatic rings. The van der Waals surface area contributed by atoms with Gasteiger partial charge < -0.3 is 10.1 Å². The number of carbonyl (C=O) groups excluding carboxylic acids is 1. The predicted octanol–water partition coefficient (Wildman–Crippen LogP) is 2.82. The molecule has 0 saturated carbocycles. The van der Waals surface area contributed by atoms with Crippen molar-refractivity contribution >= 4 is 27.3 Å². The number of nitrogens with one attached hydrogen (secondary N) is 1. The van der Waals surface area contributed by atoms with Crippen LogP contribution in [-0.2, 0) is 34.1 Å². The lowest BCUT2D eigenvalue weighted by atomic mass is 9.90. The van der Waals surface area contributed by atoms with Crippen molar-refractivity contribution in [3.63, 3.8) is 0 Å². The van der Waals surface area contributed by atoms with Gasteiger partial charge in [0.2, 0.25) is 10.0 Å². The molecule has 156 valence electrons. The van der Waals surface area contributed by atoms with Crippen LogP contribution < -0.4 is 5.32 Å². The Hall–Kier alpha value is -1.74. The van der Waals surface area contributed by atoms with Crippen molar-refractivity contribution in [2.75, 3.05) is 26.3 Å². The van der Waals surface area contributed by atoms with Gasteiger partial charge in [-0.05, 0) is 54.5 Å². The summed E-state index contributed by atoms with van der Waals surface area (Å²) in [5.41, 5.74) is 2.19. The zero-order valence-corrected chi connectivity index (χ0v) is 18.2.